The van der Waals surface area contributed by atoms with Gasteiger partial charge in [0.15, 0.2) is 0 Å². The fourth-order valence-electron chi connectivity index (χ4n) is 4.12. The first-order valence-corrected chi connectivity index (χ1v) is 9.25. The second-order valence-electron chi connectivity index (χ2n) is 7.66. The number of aryl methyl sites for hydroxylation is 1. The highest BCUT2D eigenvalue weighted by Crippen LogP contribution is 2.36. The van der Waals surface area contributed by atoms with Crippen LogP contribution >= 0.6 is 0 Å². The first kappa shape index (κ1) is 17.8. The lowest BCUT2D eigenvalue weighted by atomic mass is 10.0. The van der Waals surface area contributed by atoms with Crippen LogP contribution in [-0.4, -0.2) is 47.9 Å². The number of carbonyl (C=O) groups excluding carboxylic acids is 2. The predicted octanol–water partition coefficient (Wildman–Crippen LogP) is 2.88. The third-order valence-corrected chi connectivity index (χ3v) is 5.82. The minimum absolute atomic E-state index is 0.0233. The molecule has 1 aliphatic carbocycles. The number of carbonyl (C=O) groups is 2. The van der Waals surface area contributed by atoms with E-state index >= 15 is 0 Å². The lowest BCUT2D eigenvalue weighted by Crippen LogP contribution is -2.50. The van der Waals surface area contributed by atoms with E-state index in [0.29, 0.717) is 19.0 Å². The van der Waals surface area contributed by atoms with Gasteiger partial charge in [-0.3, -0.25) is 4.79 Å². The molecule has 1 saturated heterocycles. The number of likely N-dealkylation sites (tertiary alicyclic amines) is 1. The number of hydrogen-bond acceptors (Lipinski definition) is 2. The number of benzene rings is 1. The fourth-order valence-corrected chi connectivity index (χ4v) is 4.12. The number of rotatable bonds is 2. The van der Waals surface area contributed by atoms with Crippen LogP contribution in [-0.2, 0) is 11.2 Å². The minimum atomic E-state index is 0.0233. The van der Waals surface area contributed by atoms with Gasteiger partial charge in [-0.05, 0) is 43.2 Å². The summed E-state index contributed by atoms with van der Waals surface area (Å²) in [7, 11) is 1.85. The molecular weight excluding hydrogens is 314 g/mol. The quantitative estimate of drug-likeness (QED) is 0.898. The molecule has 2 aliphatic rings. The van der Waals surface area contributed by atoms with Crippen LogP contribution in [0.4, 0.5) is 4.79 Å². The van der Waals surface area contributed by atoms with Crippen LogP contribution in [0.3, 0.4) is 0 Å². The van der Waals surface area contributed by atoms with Gasteiger partial charge in [-0.1, -0.05) is 30.7 Å². The van der Waals surface area contributed by atoms with Crippen LogP contribution < -0.4 is 5.32 Å². The summed E-state index contributed by atoms with van der Waals surface area (Å²) in [5.74, 6) is 0.511. The summed E-state index contributed by atoms with van der Waals surface area (Å²) in [5.41, 5.74) is 3.86. The lowest BCUT2D eigenvalue weighted by molar-refractivity contribution is -0.130. The largest absolute Gasteiger partial charge is 0.343 e. The molecular formula is C20H29N3O2. The Bertz CT molecular complexity index is 665. The molecule has 0 aromatic heterocycles. The molecule has 1 heterocycles. The van der Waals surface area contributed by atoms with Gasteiger partial charge in [0, 0.05) is 33.1 Å². The molecule has 1 N–H and O–H groups in total. The van der Waals surface area contributed by atoms with Gasteiger partial charge in [0.05, 0.1) is 6.04 Å². The Kier molecular flexibility index (Phi) is 5.02. The number of amides is 3. The van der Waals surface area contributed by atoms with E-state index in [1.807, 2.05) is 11.9 Å². The van der Waals surface area contributed by atoms with Gasteiger partial charge in [0.2, 0.25) is 5.91 Å². The highest BCUT2D eigenvalue weighted by molar-refractivity contribution is 5.75. The summed E-state index contributed by atoms with van der Waals surface area (Å²) >= 11 is 0. The second kappa shape index (κ2) is 7.06. The number of urea groups is 1. The zero-order valence-electron chi connectivity index (χ0n) is 15.7. The smallest absolute Gasteiger partial charge is 0.317 e. The summed E-state index contributed by atoms with van der Waals surface area (Å²) in [4.78, 5) is 27.9. The Morgan fingerprint density at radius 1 is 1.24 bits per heavy atom. The molecule has 1 aliphatic heterocycles. The Hall–Kier alpha value is -2.04. The summed E-state index contributed by atoms with van der Waals surface area (Å²) in [6.45, 7) is 7.30. The van der Waals surface area contributed by atoms with Crippen LogP contribution in [0, 0.1) is 12.8 Å². The summed E-state index contributed by atoms with van der Waals surface area (Å²) in [6.07, 6.45) is 2.71. The highest BCUT2D eigenvalue weighted by atomic mass is 16.2. The molecule has 25 heavy (non-hydrogen) atoms. The molecule has 5 heteroatoms. The van der Waals surface area contributed by atoms with Crippen LogP contribution in [0.1, 0.15) is 49.4 Å². The number of hydrogen-bond donors (Lipinski definition) is 1. The first-order chi connectivity index (χ1) is 11.9. The molecule has 136 valence electrons. The molecule has 0 bridgehead atoms. The third kappa shape index (κ3) is 3.65. The van der Waals surface area contributed by atoms with E-state index in [2.05, 4.69) is 37.4 Å². The van der Waals surface area contributed by atoms with Crippen LogP contribution in [0.25, 0.3) is 0 Å². The van der Waals surface area contributed by atoms with Crippen molar-refractivity contribution in [3.8, 4) is 0 Å². The molecule has 5 nitrogen and oxygen atoms in total. The van der Waals surface area contributed by atoms with E-state index in [0.717, 1.165) is 19.3 Å². The molecule has 1 aromatic rings. The summed E-state index contributed by atoms with van der Waals surface area (Å²) in [5, 5.41) is 3.26. The van der Waals surface area contributed by atoms with Crippen molar-refractivity contribution in [1.29, 1.82) is 0 Å². The first-order valence-electron chi connectivity index (χ1n) is 9.25. The van der Waals surface area contributed by atoms with Crippen molar-refractivity contribution in [2.45, 2.75) is 52.1 Å². The topological polar surface area (TPSA) is 52.7 Å². The zero-order chi connectivity index (χ0) is 18.1. The Labute approximate surface area is 150 Å². The highest BCUT2D eigenvalue weighted by Gasteiger charge is 2.33. The molecule has 2 atom stereocenters. The van der Waals surface area contributed by atoms with Crippen molar-refractivity contribution in [2.75, 3.05) is 20.1 Å². The van der Waals surface area contributed by atoms with Crippen molar-refractivity contribution >= 4 is 11.9 Å². The second-order valence-corrected chi connectivity index (χ2v) is 7.66. The molecule has 0 unspecified atom stereocenters. The van der Waals surface area contributed by atoms with Gasteiger partial charge in [-0.15, -0.1) is 0 Å². The minimum Gasteiger partial charge on any atom is -0.343 e. The fraction of sp³-hybridized carbons (Fsp3) is 0.600. The van der Waals surface area contributed by atoms with E-state index in [9.17, 15) is 9.59 Å². The predicted molar refractivity (Wildman–Crippen MR) is 98.4 cm³/mol. The average molecular weight is 343 g/mol. The van der Waals surface area contributed by atoms with E-state index in [-0.39, 0.29) is 24.0 Å². The molecule has 1 aromatic carbocycles. The van der Waals surface area contributed by atoms with Gasteiger partial charge in [-0.25, -0.2) is 4.79 Å². The summed E-state index contributed by atoms with van der Waals surface area (Å²) < 4.78 is 0. The monoisotopic (exact) mass is 343 g/mol. The SMILES string of the molecule is CC(=O)N(C)C1CCN(C(=O)N[C@H]2c3cc(C)ccc3C[C@@H]2C)CC1. The Morgan fingerprint density at radius 2 is 1.92 bits per heavy atom. The van der Waals surface area contributed by atoms with Crippen molar-refractivity contribution < 1.29 is 9.59 Å². The standard InChI is InChI=1S/C20H29N3O2/c1-13-5-6-16-12-14(2)19(18(16)11-13)21-20(25)23-9-7-17(8-10-23)22(4)15(3)24/h5-6,11,14,17,19H,7-10,12H2,1-4H3,(H,21,25)/t14-,19+/m0/s1. The number of fused-ring (bicyclic) bond motifs is 1. The maximum atomic E-state index is 12.7. The van der Waals surface area contributed by atoms with Crippen LogP contribution in [0.15, 0.2) is 18.2 Å². The van der Waals surface area contributed by atoms with Gasteiger partial charge < -0.3 is 15.1 Å². The molecule has 3 rings (SSSR count). The maximum absolute atomic E-state index is 12.7. The van der Waals surface area contributed by atoms with E-state index < -0.39 is 0 Å². The molecule has 0 spiro atoms. The molecule has 3 amide bonds. The van der Waals surface area contributed by atoms with E-state index in [4.69, 9.17) is 0 Å². The summed E-state index contributed by atoms with van der Waals surface area (Å²) in [6, 6.07) is 6.91. The van der Waals surface area contributed by atoms with Crippen molar-refractivity contribution in [1.82, 2.24) is 15.1 Å². The van der Waals surface area contributed by atoms with Crippen molar-refractivity contribution in [3.63, 3.8) is 0 Å². The maximum Gasteiger partial charge on any atom is 0.317 e. The van der Waals surface area contributed by atoms with Crippen molar-refractivity contribution in [3.05, 3.63) is 34.9 Å². The van der Waals surface area contributed by atoms with E-state index in [1.54, 1.807) is 11.8 Å². The molecule has 0 radical (unpaired) electrons. The van der Waals surface area contributed by atoms with Gasteiger partial charge >= 0.3 is 6.03 Å². The average Bonchev–Trinajstić information content (AvgIpc) is 2.89. The van der Waals surface area contributed by atoms with Crippen LogP contribution in [0.5, 0.6) is 0 Å². The van der Waals surface area contributed by atoms with Gasteiger partial charge in [0.25, 0.3) is 0 Å². The number of piperidine rings is 1. The number of nitrogens with one attached hydrogen (secondary N) is 1. The normalized spacial score (nSPS) is 23.3. The van der Waals surface area contributed by atoms with Crippen molar-refractivity contribution in [2.24, 2.45) is 5.92 Å². The number of nitrogens with zero attached hydrogens (tertiary/aromatic N) is 2. The molecule has 1 fully saturated rings. The molecule has 0 saturated carbocycles. The van der Waals surface area contributed by atoms with Gasteiger partial charge in [-0.2, -0.15) is 0 Å². The van der Waals surface area contributed by atoms with Gasteiger partial charge in [0.1, 0.15) is 0 Å². The lowest BCUT2D eigenvalue weighted by Gasteiger charge is -2.37. The Balaban J connectivity index is 1.61. The third-order valence-electron chi connectivity index (χ3n) is 5.82. The Morgan fingerprint density at radius 3 is 2.56 bits per heavy atom. The zero-order valence-corrected chi connectivity index (χ0v) is 15.7. The van der Waals surface area contributed by atoms with Crippen LogP contribution in [0.2, 0.25) is 0 Å². The van der Waals surface area contributed by atoms with E-state index in [1.165, 1.54) is 16.7 Å².